The number of hydrogen-bond acceptors (Lipinski definition) is 4. The first kappa shape index (κ1) is 18.5. The van der Waals surface area contributed by atoms with Gasteiger partial charge in [0.2, 0.25) is 5.43 Å². The minimum absolute atomic E-state index is 0.146. The maximum absolute atomic E-state index is 12.6. The Morgan fingerprint density at radius 2 is 1.86 bits per heavy atom. The van der Waals surface area contributed by atoms with Crippen LogP contribution in [0.5, 0.6) is 5.75 Å². The Bertz CT molecular complexity index is 1250. The average molecular weight is 459 g/mol. The molecule has 0 fully saturated rings. The fourth-order valence-electron chi connectivity index (χ4n) is 2.80. The third-order valence-corrected chi connectivity index (χ3v) is 4.94. The smallest absolute Gasteiger partial charge is 0.262 e. The standard InChI is InChI=1S/C21H13BrClNO4/c22-12-4-7-14(8-5-12)27-11-19(25)24-13-6-9-15-18(10-13)28-21-16(20(15)26)2-1-3-17(21)23/h1-10H,11H2,(H,24,25). The van der Waals surface area contributed by atoms with Crippen LogP contribution in [0.2, 0.25) is 5.02 Å². The van der Waals surface area contributed by atoms with E-state index in [2.05, 4.69) is 21.2 Å². The second-order valence-electron chi connectivity index (χ2n) is 6.05. The monoisotopic (exact) mass is 457 g/mol. The van der Waals surface area contributed by atoms with Crippen molar-refractivity contribution in [2.45, 2.75) is 0 Å². The number of fused-ring (bicyclic) bond motifs is 2. The molecule has 0 aliphatic heterocycles. The number of hydrogen-bond donors (Lipinski definition) is 1. The minimum atomic E-state index is -0.330. The van der Waals surface area contributed by atoms with Crippen LogP contribution in [0.4, 0.5) is 5.69 Å². The molecule has 1 aromatic heterocycles. The molecule has 5 nitrogen and oxygen atoms in total. The summed E-state index contributed by atoms with van der Waals surface area (Å²) in [4.78, 5) is 24.8. The predicted molar refractivity (Wildman–Crippen MR) is 113 cm³/mol. The molecule has 1 N–H and O–H groups in total. The highest BCUT2D eigenvalue weighted by molar-refractivity contribution is 9.10. The number of anilines is 1. The number of carbonyl (C=O) groups excluding carboxylic acids is 1. The molecular formula is C21H13BrClNO4. The van der Waals surface area contributed by atoms with Crippen LogP contribution in [-0.4, -0.2) is 12.5 Å². The first-order valence-electron chi connectivity index (χ1n) is 8.34. The molecule has 3 aromatic carbocycles. The maximum atomic E-state index is 12.6. The molecule has 1 heterocycles. The number of amides is 1. The van der Waals surface area contributed by atoms with Crippen molar-refractivity contribution in [2.24, 2.45) is 0 Å². The molecule has 1 amide bonds. The van der Waals surface area contributed by atoms with Gasteiger partial charge in [-0.05, 0) is 48.5 Å². The van der Waals surface area contributed by atoms with Gasteiger partial charge in [0.05, 0.1) is 15.8 Å². The molecule has 0 spiro atoms. The fourth-order valence-corrected chi connectivity index (χ4v) is 3.27. The Kier molecular flexibility index (Phi) is 5.07. The lowest BCUT2D eigenvalue weighted by Gasteiger charge is -2.09. The fraction of sp³-hybridized carbons (Fsp3) is 0.0476. The number of para-hydroxylation sites is 1. The zero-order valence-corrected chi connectivity index (χ0v) is 16.7. The van der Waals surface area contributed by atoms with Gasteiger partial charge < -0.3 is 14.5 Å². The van der Waals surface area contributed by atoms with E-state index in [0.717, 1.165) is 4.47 Å². The molecule has 0 atom stereocenters. The molecule has 140 valence electrons. The molecule has 0 radical (unpaired) electrons. The quantitative estimate of drug-likeness (QED) is 0.417. The van der Waals surface area contributed by atoms with Gasteiger partial charge in [0, 0.05) is 16.2 Å². The van der Waals surface area contributed by atoms with Gasteiger partial charge in [0.25, 0.3) is 5.91 Å². The topological polar surface area (TPSA) is 68.5 Å². The SMILES string of the molecule is O=C(COc1ccc(Br)cc1)Nc1ccc2c(=O)c3cccc(Cl)c3oc2c1. The number of ether oxygens (including phenoxy) is 1. The second-order valence-corrected chi connectivity index (χ2v) is 7.37. The third kappa shape index (κ3) is 3.74. The van der Waals surface area contributed by atoms with E-state index in [9.17, 15) is 9.59 Å². The van der Waals surface area contributed by atoms with Crippen LogP contribution < -0.4 is 15.5 Å². The Labute approximate surface area is 173 Å². The normalized spacial score (nSPS) is 10.9. The van der Waals surface area contributed by atoms with Crippen molar-refractivity contribution in [1.29, 1.82) is 0 Å². The lowest BCUT2D eigenvalue weighted by atomic mass is 10.1. The van der Waals surface area contributed by atoms with E-state index in [1.54, 1.807) is 48.5 Å². The summed E-state index contributed by atoms with van der Waals surface area (Å²) >= 11 is 9.48. The van der Waals surface area contributed by atoms with Crippen molar-refractivity contribution in [2.75, 3.05) is 11.9 Å². The summed E-state index contributed by atoms with van der Waals surface area (Å²) in [6.07, 6.45) is 0. The van der Waals surface area contributed by atoms with E-state index in [1.165, 1.54) is 0 Å². The van der Waals surface area contributed by atoms with Crippen molar-refractivity contribution in [3.8, 4) is 5.75 Å². The number of rotatable bonds is 4. The summed E-state index contributed by atoms with van der Waals surface area (Å²) in [6.45, 7) is -0.146. The van der Waals surface area contributed by atoms with E-state index in [0.29, 0.717) is 38.4 Å². The van der Waals surface area contributed by atoms with Crippen molar-refractivity contribution < 1.29 is 13.9 Å². The zero-order chi connectivity index (χ0) is 19.7. The van der Waals surface area contributed by atoms with Gasteiger partial charge in [-0.1, -0.05) is 33.6 Å². The molecule has 4 aromatic rings. The van der Waals surface area contributed by atoms with Crippen LogP contribution in [0, 0.1) is 0 Å². The minimum Gasteiger partial charge on any atom is -0.484 e. The number of benzene rings is 3. The summed E-state index contributed by atoms with van der Waals surface area (Å²) in [6, 6.07) is 17.1. The summed E-state index contributed by atoms with van der Waals surface area (Å²) in [5.74, 6) is 0.257. The van der Waals surface area contributed by atoms with Crippen molar-refractivity contribution in [3.05, 3.63) is 80.4 Å². The Morgan fingerprint density at radius 1 is 1.07 bits per heavy atom. The highest BCUT2D eigenvalue weighted by Gasteiger charge is 2.11. The molecule has 0 saturated carbocycles. The zero-order valence-electron chi connectivity index (χ0n) is 14.4. The van der Waals surface area contributed by atoms with Crippen LogP contribution >= 0.6 is 27.5 Å². The van der Waals surface area contributed by atoms with Gasteiger partial charge in [-0.3, -0.25) is 9.59 Å². The van der Waals surface area contributed by atoms with Crippen LogP contribution in [-0.2, 0) is 4.79 Å². The summed E-state index contributed by atoms with van der Waals surface area (Å²) < 4.78 is 12.2. The largest absolute Gasteiger partial charge is 0.484 e. The molecule has 0 bridgehead atoms. The first-order valence-corrected chi connectivity index (χ1v) is 9.52. The van der Waals surface area contributed by atoms with E-state index in [4.69, 9.17) is 20.8 Å². The number of carbonyl (C=O) groups is 1. The van der Waals surface area contributed by atoms with E-state index in [1.807, 2.05) is 12.1 Å². The van der Waals surface area contributed by atoms with Gasteiger partial charge in [0.15, 0.2) is 12.2 Å². The molecule has 0 saturated heterocycles. The van der Waals surface area contributed by atoms with Crippen molar-refractivity contribution in [1.82, 2.24) is 0 Å². The van der Waals surface area contributed by atoms with E-state index >= 15 is 0 Å². The number of halogens is 2. The first-order chi connectivity index (χ1) is 13.5. The van der Waals surface area contributed by atoms with Crippen molar-refractivity contribution >= 4 is 61.1 Å². The summed E-state index contributed by atoms with van der Waals surface area (Å²) in [7, 11) is 0. The molecular weight excluding hydrogens is 446 g/mol. The highest BCUT2D eigenvalue weighted by atomic mass is 79.9. The van der Waals surface area contributed by atoms with Crippen molar-refractivity contribution in [3.63, 3.8) is 0 Å². The predicted octanol–water partition coefficient (Wildman–Crippen LogP) is 5.38. The van der Waals surface area contributed by atoms with E-state index < -0.39 is 0 Å². The Morgan fingerprint density at radius 3 is 2.64 bits per heavy atom. The van der Waals surface area contributed by atoms with E-state index in [-0.39, 0.29) is 17.9 Å². The molecule has 4 rings (SSSR count). The average Bonchev–Trinajstić information content (AvgIpc) is 2.68. The highest BCUT2D eigenvalue weighted by Crippen LogP contribution is 2.26. The van der Waals surface area contributed by atoms with Crippen LogP contribution in [0.15, 0.2) is 74.3 Å². The van der Waals surface area contributed by atoms with Crippen LogP contribution in [0.25, 0.3) is 21.9 Å². The Balaban J connectivity index is 1.56. The maximum Gasteiger partial charge on any atom is 0.262 e. The van der Waals surface area contributed by atoms with Gasteiger partial charge in [0.1, 0.15) is 11.3 Å². The summed E-state index contributed by atoms with van der Waals surface area (Å²) in [5.41, 5.74) is 0.989. The Hall–Kier alpha value is -2.83. The van der Waals surface area contributed by atoms with Gasteiger partial charge >= 0.3 is 0 Å². The molecule has 28 heavy (non-hydrogen) atoms. The third-order valence-electron chi connectivity index (χ3n) is 4.12. The lowest BCUT2D eigenvalue weighted by molar-refractivity contribution is -0.118. The second kappa shape index (κ2) is 7.66. The molecule has 7 heteroatoms. The number of nitrogens with one attached hydrogen (secondary N) is 1. The molecule has 0 unspecified atom stereocenters. The summed E-state index contributed by atoms with van der Waals surface area (Å²) in [5, 5.41) is 3.92. The molecule has 0 aliphatic rings. The van der Waals surface area contributed by atoms with Gasteiger partial charge in [-0.25, -0.2) is 0 Å². The van der Waals surface area contributed by atoms with Crippen LogP contribution in [0.1, 0.15) is 0 Å². The van der Waals surface area contributed by atoms with Gasteiger partial charge in [-0.2, -0.15) is 0 Å². The van der Waals surface area contributed by atoms with Gasteiger partial charge in [-0.15, -0.1) is 0 Å². The lowest BCUT2D eigenvalue weighted by Crippen LogP contribution is -2.20. The molecule has 0 aliphatic carbocycles. The van der Waals surface area contributed by atoms with Crippen LogP contribution in [0.3, 0.4) is 0 Å².